The number of ether oxygens (including phenoxy) is 2. The Labute approximate surface area is 129 Å². The van der Waals surface area contributed by atoms with E-state index >= 15 is 0 Å². The van der Waals surface area contributed by atoms with Crippen molar-refractivity contribution < 1.29 is 27.5 Å². The maximum absolute atomic E-state index is 12.0. The van der Waals surface area contributed by atoms with Crippen molar-refractivity contribution >= 4 is 21.8 Å². The Hall–Kier alpha value is -2.15. The number of carbonyl (C=O) groups is 2. The fraction of sp³-hybridized carbons (Fsp3) is 0.333. The molecule has 120 valence electrons. The lowest BCUT2D eigenvalue weighted by Gasteiger charge is -2.05. The van der Waals surface area contributed by atoms with Crippen molar-refractivity contribution in [1.29, 1.82) is 0 Å². The van der Waals surface area contributed by atoms with Crippen LogP contribution in [-0.2, 0) is 28.9 Å². The zero-order chi connectivity index (χ0) is 16.6. The third-order valence-electron chi connectivity index (χ3n) is 2.74. The van der Waals surface area contributed by atoms with Crippen molar-refractivity contribution in [3.63, 3.8) is 0 Å². The van der Waals surface area contributed by atoms with Gasteiger partial charge in [-0.1, -0.05) is 17.7 Å². The molecular formula is C15H18O6S. The lowest BCUT2D eigenvalue weighted by Crippen LogP contribution is -2.11. The molecule has 0 fully saturated rings. The summed E-state index contributed by atoms with van der Waals surface area (Å²) in [6.45, 7) is 1.83. The molecule has 0 saturated heterocycles. The smallest absolute Gasteiger partial charge is 0.331 e. The van der Waals surface area contributed by atoms with E-state index in [0.717, 1.165) is 17.7 Å². The molecule has 0 bridgehead atoms. The second-order valence-electron chi connectivity index (χ2n) is 4.51. The van der Waals surface area contributed by atoms with Crippen LogP contribution in [0.15, 0.2) is 41.3 Å². The highest BCUT2D eigenvalue weighted by molar-refractivity contribution is 7.91. The van der Waals surface area contributed by atoms with Gasteiger partial charge in [0.1, 0.15) is 0 Å². The van der Waals surface area contributed by atoms with Gasteiger partial charge in [0.15, 0.2) is 9.84 Å². The molecule has 0 aromatic heterocycles. The van der Waals surface area contributed by atoms with Gasteiger partial charge in [-0.15, -0.1) is 0 Å². The van der Waals surface area contributed by atoms with Gasteiger partial charge in [0.05, 0.1) is 24.4 Å². The number of esters is 2. The minimum Gasteiger partial charge on any atom is -0.466 e. The average molecular weight is 326 g/mol. The number of aryl methyl sites for hydroxylation is 1. The van der Waals surface area contributed by atoms with Crippen LogP contribution in [0.25, 0.3) is 0 Å². The van der Waals surface area contributed by atoms with Gasteiger partial charge in [-0.05, 0) is 25.5 Å². The SMILES string of the molecule is COC(=O)/C=C/C(=O)OCCCS(=O)(=O)c1ccc(C)cc1. The molecule has 0 atom stereocenters. The Morgan fingerprint density at radius 1 is 1.09 bits per heavy atom. The van der Waals surface area contributed by atoms with Crippen molar-refractivity contribution in [2.24, 2.45) is 0 Å². The molecule has 0 aliphatic heterocycles. The first-order valence-electron chi connectivity index (χ1n) is 6.57. The van der Waals surface area contributed by atoms with Crippen LogP contribution in [0.1, 0.15) is 12.0 Å². The number of rotatable bonds is 7. The highest BCUT2D eigenvalue weighted by Gasteiger charge is 2.13. The van der Waals surface area contributed by atoms with E-state index in [1.165, 1.54) is 7.11 Å². The standard InChI is InChI=1S/C15H18O6S/c1-12-4-6-13(7-5-12)22(18,19)11-3-10-21-15(17)9-8-14(16)20-2/h4-9H,3,10-11H2,1-2H3/b9-8+. The Balaban J connectivity index is 2.40. The second-order valence-corrected chi connectivity index (χ2v) is 6.62. The molecule has 7 heteroatoms. The fourth-order valence-corrected chi connectivity index (χ4v) is 2.82. The summed E-state index contributed by atoms with van der Waals surface area (Å²) in [6, 6.07) is 6.56. The van der Waals surface area contributed by atoms with Gasteiger partial charge in [0.2, 0.25) is 0 Å². The molecule has 0 saturated carbocycles. The minimum atomic E-state index is -3.39. The van der Waals surface area contributed by atoms with E-state index in [-0.39, 0.29) is 23.7 Å². The summed E-state index contributed by atoms with van der Waals surface area (Å²) >= 11 is 0. The van der Waals surface area contributed by atoms with E-state index in [0.29, 0.717) is 0 Å². The van der Waals surface area contributed by atoms with E-state index in [2.05, 4.69) is 4.74 Å². The van der Waals surface area contributed by atoms with Crippen molar-refractivity contribution in [2.75, 3.05) is 19.5 Å². The molecule has 0 spiro atoms. The topological polar surface area (TPSA) is 86.7 Å². The number of benzene rings is 1. The van der Waals surface area contributed by atoms with Gasteiger partial charge in [-0.25, -0.2) is 18.0 Å². The highest BCUT2D eigenvalue weighted by Crippen LogP contribution is 2.13. The number of sulfone groups is 1. The molecule has 1 rings (SSSR count). The molecule has 0 N–H and O–H groups in total. The number of hydrogen-bond acceptors (Lipinski definition) is 6. The van der Waals surface area contributed by atoms with Crippen LogP contribution >= 0.6 is 0 Å². The monoisotopic (exact) mass is 326 g/mol. The molecular weight excluding hydrogens is 308 g/mol. The lowest BCUT2D eigenvalue weighted by atomic mass is 10.2. The predicted molar refractivity (Wildman–Crippen MR) is 80.0 cm³/mol. The van der Waals surface area contributed by atoms with E-state index in [1.54, 1.807) is 24.3 Å². The van der Waals surface area contributed by atoms with Gasteiger partial charge in [-0.3, -0.25) is 0 Å². The molecule has 0 amide bonds. The maximum atomic E-state index is 12.0. The van der Waals surface area contributed by atoms with Gasteiger partial charge >= 0.3 is 11.9 Å². The predicted octanol–water partition coefficient (Wildman–Crippen LogP) is 1.43. The largest absolute Gasteiger partial charge is 0.466 e. The van der Waals surface area contributed by atoms with Crippen LogP contribution in [0.3, 0.4) is 0 Å². The van der Waals surface area contributed by atoms with Crippen molar-refractivity contribution in [3.05, 3.63) is 42.0 Å². The Kier molecular flexibility index (Phi) is 6.78. The molecule has 1 aromatic rings. The van der Waals surface area contributed by atoms with E-state index in [4.69, 9.17) is 4.74 Å². The lowest BCUT2D eigenvalue weighted by molar-refractivity contribution is -0.139. The third kappa shape index (κ3) is 6.09. The first-order chi connectivity index (χ1) is 10.3. The Bertz CT molecular complexity index is 643. The summed E-state index contributed by atoms with van der Waals surface area (Å²) in [7, 11) is -2.20. The quantitative estimate of drug-likeness (QED) is 0.428. The zero-order valence-corrected chi connectivity index (χ0v) is 13.3. The van der Waals surface area contributed by atoms with Crippen molar-refractivity contribution in [2.45, 2.75) is 18.2 Å². The summed E-state index contributed by atoms with van der Waals surface area (Å²) in [4.78, 5) is 22.2. The van der Waals surface area contributed by atoms with Gasteiger partial charge < -0.3 is 9.47 Å². The van der Waals surface area contributed by atoms with E-state index in [1.807, 2.05) is 6.92 Å². The summed E-state index contributed by atoms with van der Waals surface area (Å²) in [5.41, 5.74) is 0.977. The number of hydrogen-bond donors (Lipinski definition) is 0. The zero-order valence-electron chi connectivity index (χ0n) is 12.4. The van der Waals surface area contributed by atoms with Crippen LogP contribution in [0.4, 0.5) is 0 Å². The van der Waals surface area contributed by atoms with Crippen LogP contribution in [0.2, 0.25) is 0 Å². The fourth-order valence-electron chi connectivity index (χ4n) is 1.54. The highest BCUT2D eigenvalue weighted by atomic mass is 32.2. The summed E-state index contributed by atoms with van der Waals surface area (Å²) < 4.78 is 33.2. The van der Waals surface area contributed by atoms with E-state index in [9.17, 15) is 18.0 Å². The minimum absolute atomic E-state index is 0.0462. The van der Waals surface area contributed by atoms with E-state index < -0.39 is 21.8 Å². The summed E-state index contributed by atoms with van der Waals surface area (Å²) in [5, 5.41) is 0. The first-order valence-corrected chi connectivity index (χ1v) is 8.22. The van der Waals surface area contributed by atoms with Gasteiger partial charge in [0.25, 0.3) is 0 Å². The van der Waals surface area contributed by atoms with Crippen LogP contribution in [-0.4, -0.2) is 39.8 Å². The molecule has 6 nitrogen and oxygen atoms in total. The first kappa shape index (κ1) is 17.9. The van der Waals surface area contributed by atoms with Crippen LogP contribution in [0.5, 0.6) is 0 Å². The molecule has 0 heterocycles. The molecule has 0 aliphatic rings. The Morgan fingerprint density at radius 2 is 1.68 bits per heavy atom. The third-order valence-corrected chi connectivity index (χ3v) is 4.56. The van der Waals surface area contributed by atoms with Crippen molar-refractivity contribution in [3.8, 4) is 0 Å². The Morgan fingerprint density at radius 3 is 2.27 bits per heavy atom. The number of methoxy groups -OCH3 is 1. The maximum Gasteiger partial charge on any atom is 0.331 e. The summed E-state index contributed by atoms with van der Waals surface area (Å²) in [5.74, 6) is -1.51. The molecule has 1 aromatic carbocycles. The molecule has 0 unspecified atom stereocenters. The molecule has 0 aliphatic carbocycles. The molecule has 0 radical (unpaired) electrons. The summed E-state index contributed by atoms with van der Waals surface area (Å²) in [6.07, 6.45) is 2.04. The van der Waals surface area contributed by atoms with Crippen molar-refractivity contribution in [1.82, 2.24) is 0 Å². The van der Waals surface area contributed by atoms with Crippen LogP contribution in [0, 0.1) is 6.92 Å². The molecule has 22 heavy (non-hydrogen) atoms. The number of carbonyl (C=O) groups excluding carboxylic acids is 2. The van der Waals surface area contributed by atoms with Gasteiger partial charge in [-0.2, -0.15) is 0 Å². The van der Waals surface area contributed by atoms with Gasteiger partial charge in [0, 0.05) is 12.2 Å². The second kappa shape index (κ2) is 8.33. The van der Waals surface area contributed by atoms with Crippen LogP contribution < -0.4 is 0 Å². The average Bonchev–Trinajstić information content (AvgIpc) is 2.49. The normalized spacial score (nSPS) is 11.4.